The molecule has 0 aromatic carbocycles. The highest BCUT2D eigenvalue weighted by atomic mass is 14.3. The summed E-state index contributed by atoms with van der Waals surface area (Å²) >= 11 is 0. The molecule has 0 amide bonds. The third kappa shape index (κ3) is 2.33. The molecule has 0 N–H and O–H groups in total. The Labute approximate surface area is 111 Å². The SMILES string of the molecule is CC=CC=CC1=C(C)C(C)C=C1C1=C(C)C=CC1. The van der Waals surface area contributed by atoms with Crippen LogP contribution in [0.15, 0.2) is 70.4 Å². The fraction of sp³-hybridized carbons (Fsp3) is 0.333. The Hall–Kier alpha value is -1.56. The highest BCUT2D eigenvalue weighted by Gasteiger charge is 2.22. The first-order chi connectivity index (χ1) is 8.65. The molecule has 0 aromatic heterocycles. The molecule has 0 saturated heterocycles. The molecule has 0 aromatic rings. The van der Waals surface area contributed by atoms with E-state index < -0.39 is 0 Å². The van der Waals surface area contributed by atoms with E-state index in [9.17, 15) is 0 Å². The van der Waals surface area contributed by atoms with Crippen LogP contribution in [0.2, 0.25) is 0 Å². The van der Waals surface area contributed by atoms with Crippen molar-refractivity contribution in [2.24, 2.45) is 5.92 Å². The molecular formula is C18H22. The number of hydrogen-bond donors (Lipinski definition) is 0. The van der Waals surface area contributed by atoms with Gasteiger partial charge < -0.3 is 0 Å². The topological polar surface area (TPSA) is 0 Å². The van der Waals surface area contributed by atoms with E-state index in [-0.39, 0.29) is 0 Å². The zero-order chi connectivity index (χ0) is 13.1. The monoisotopic (exact) mass is 238 g/mol. The Morgan fingerprint density at radius 2 is 2.00 bits per heavy atom. The second-order valence-electron chi connectivity index (χ2n) is 5.12. The lowest BCUT2D eigenvalue weighted by Gasteiger charge is -2.09. The maximum absolute atomic E-state index is 2.41. The van der Waals surface area contributed by atoms with Crippen molar-refractivity contribution in [3.05, 3.63) is 70.4 Å². The summed E-state index contributed by atoms with van der Waals surface area (Å²) in [7, 11) is 0. The van der Waals surface area contributed by atoms with Crippen LogP contribution >= 0.6 is 0 Å². The van der Waals surface area contributed by atoms with Crippen LogP contribution in [0.4, 0.5) is 0 Å². The summed E-state index contributed by atoms with van der Waals surface area (Å²) in [5.74, 6) is 0.561. The van der Waals surface area contributed by atoms with Crippen molar-refractivity contribution >= 4 is 0 Å². The van der Waals surface area contributed by atoms with Crippen LogP contribution in [0.25, 0.3) is 0 Å². The maximum Gasteiger partial charge on any atom is -0.00359 e. The van der Waals surface area contributed by atoms with E-state index in [0.29, 0.717) is 5.92 Å². The second kappa shape index (κ2) is 5.39. The van der Waals surface area contributed by atoms with Gasteiger partial charge in [-0.1, -0.05) is 55.0 Å². The standard InChI is InChI=1S/C18H22/c1-5-6-7-10-17-15(4)14(3)12-18(17)16-11-8-9-13(16)2/h5-10,12,14H,11H2,1-4H3. The second-order valence-corrected chi connectivity index (χ2v) is 5.12. The largest absolute Gasteiger partial charge is 0.0877 e. The lowest BCUT2D eigenvalue weighted by molar-refractivity contribution is 0.877. The van der Waals surface area contributed by atoms with Crippen molar-refractivity contribution in [1.29, 1.82) is 0 Å². The van der Waals surface area contributed by atoms with Gasteiger partial charge in [-0.05, 0) is 55.4 Å². The summed E-state index contributed by atoms with van der Waals surface area (Å²) in [5.41, 5.74) is 7.26. The van der Waals surface area contributed by atoms with Crippen molar-refractivity contribution in [1.82, 2.24) is 0 Å². The van der Waals surface area contributed by atoms with E-state index in [4.69, 9.17) is 0 Å². The van der Waals surface area contributed by atoms with Gasteiger partial charge in [-0.15, -0.1) is 0 Å². The Bertz CT molecular complexity index is 516. The minimum atomic E-state index is 0.561. The molecule has 0 fully saturated rings. The fourth-order valence-electron chi connectivity index (χ4n) is 2.61. The summed E-state index contributed by atoms with van der Waals surface area (Å²) in [6, 6.07) is 0. The van der Waals surface area contributed by atoms with E-state index in [2.05, 4.69) is 63.3 Å². The van der Waals surface area contributed by atoms with Gasteiger partial charge in [0.1, 0.15) is 0 Å². The quantitative estimate of drug-likeness (QED) is 0.586. The molecule has 0 saturated carbocycles. The molecular weight excluding hydrogens is 216 g/mol. The summed E-state index contributed by atoms with van der Waals surface area (Å²) in [6.07, 6.45) is 16.5. The van der Waals surface area contributed by atoms with Crippen molar-refractivity contribution in [2.45, 2.75) is 34.1 Å². The smallest absolute Gasteiger partial charge is 0.00359 e. The molecule has 2 aliphatic rings. The van der Waals surface area contributed by atoms with Crippen LogP contribution in [-0.2, 0) is 0 Å². The molecule has 0 aliphatic heterocycles. The van der Waals surface area contributed by atoms with Crippen molar-refractivity contribution in [3.63, 3.8) is 0 Å². The predicted molar refractivity (Wildman–Crippen MR) is 80.4 cm³/mol. The molecule has 18 heavy (non-hydrogen) atoms. The lowest BCUT2D eigenvalue weighted by atomic mass is 9.95. The normalized spacial score (nSPS) is 24.2. The molecule has 1 atom stereocenters. The Balaban J connectivity index is 2.36. The molecule has 0 heterocycles. The Kier molecular flexibility index (Phi) is 3.86. The van der Waals surface area contributed by atoms with Gasteiger partial charge in [0.25, 0.3) is 0 Å². The van der Waals surface area contributed by atoms with E-state index in [1.807, 2.05) is 6.92 Å². The van der Waals surface area contributed by atoms with Crippen molar-refractivity contribution in [2.75, 3.05) is 0 Å². The number of allylic oxidation sites excluding steroid dienone is 12. The van der Waals surface area contributed by atoms with Gasteiger partial charge in [0.15, 0.2) is 0 Å². The summed E-state index contributed by atoms with van der Waals surface area (Å²) in [6.45, 7) is 8.80. The molecule has 2 rings (SSSR count). The third-order valence-electron chi connectivity index (χ3n) is 3.87. The molecule has 0 spiro atoms. The van der Waals surface area contributed by atoms with Gasteiger partial charge in [-0.3, -0.25) is 0 Å². The van der Waals surface area contributed by atoms with Crippen molar-refractivity contribution in [3.8, 4) is 0 Å². The van der Waals surface area contributed by atoms with Gasteiger partial charge in [0, 0.05) is 0 Å². The van der Waals surface area contributed by atoms with Gasteiger partial charge >= 0.3 is 0 Å². The average Bonchev–Trinajstić information content (AvgIpc) is 2.87. The summed E-state index contributed by atoms with van der Waals surface area (Å²) in [5, 5.41) is 0. The molecule has 0 heteroatoms. The van der Waals surface area contributed by atoms with Gasteiger partial charge in [-0.2, -0.15) is 0 Å². The summed E-state index contributed by atoms with van der Waals surface area (Å²) < 4.78 is 0. The highest BCUT2D eigenvalue weighted by molar-refractivity contribution is 5.62. The fourth-order valence-corrected chi connectivity index (χ4v) is 2.61. The van der Waals surface area contributed by atoms with Crippen LogP contribution in [0.5, 0.6) is 0 Å². The number of hydrogen-bond acceptors (Lipinski definition) is 0. The first-order valence-corrected chi connectivity index (χ1v) is 6.74. The minimum Gasteiger partial charge on any atom is -0.0877 e. The number of rotatable bonds is 3. The van der Waals surface area contributed by atoms with Gasteiger partial charge in [0.05, 0.1) is 0 Å². The van der Waals surface area contributed by atoms with E-state index in [1.165, 1.54) is 27.9 Å². The minimum absolute atomic E-state index is 0.561. The first-order valence-electron chi connectivity index (χ1n) is 6.74. The van der Waals surface area contributed by atoms with Crippen LogP contribution < -0.4 is 0 Å². The lowest BCUT2D eigenvalue weighted by Crippen LogP contribution is -1.91. The van der Waals surface area contributed by atoms with Crippen LogP contribution in [-0.4, -0.2) is 0 Å². The van der Waals surface area contributed by atoms with Gasteiger partial charge in [0.2, 0.25) is 0 Å². The van der Waals surface area contributed by atoms with E-state index in [1.54, 1.807) is 0 Å². The molecule has 2 aliphatic carbocycles. The Morgan fingerprint density at radius 1 is 1.22 bits per heavy atom. The predicted octanol–water partition coefficient (Wildman–Crippen LogP) is 5.29. The first kappa shape index (κ1) is 12.9. The molecule has 0 nitrogen and oxygen atoms in total. The van der Waals surface area contributed by atoms with E-state index in [0.717, 1.165) is 6.42 Å². The highest BCUT2D eigenvalue weighted by Crippen LogP contribution is 2.39. The molecule has 94 valence electrons. The Morgan fingerprint density at radius 3 is 2.61 bits per heavy atom. The van der Waals surface area contributed by atoms with Crippen LogP contribution in [0.3, 0.4) is 0 Å². The molecule has 1 unspecified atom stereocenters. The molecule has 0 bridgehead atoms. The zero-order valence-corrected chi connectivity index (χ0v) is 11.8. The van der Waals surface area contributed by atoms with Crippen molar-refractivity contribution < 1.29 is 0 Å². The average molecular weight is 238 g/mol. The summed E-state index contributed by atoms with van der Waals surface area (Å²) in [4.78, 5) is 0. The van der Waals surface area contributed by atoms with E-state index >= 15 is 0 Å². The van der Waals surface area contributed by atoms with Gasteiger partial charge in [-0.25, -0.2) is 0 Å². The van der Waals surface area contributed by atoms with Crippen LogP contribution in [0.1, 0.15) is 34.1 Å². The zero-order valence-electron chi connectivity index (χ0n) is 11.8. The molecule has 0 radical (unpaired) electrons. The van der Waals surface area contributed by atoms with Crippen LogP contribution in [0, 0.1) is 5.92 Å². The maximum atomic E-state index is 2.41. The third-order valence-corrected chi connectivity index (χ3v) is 3.87.